The zero-order valence-electron chi connectivity index (χ0n) is 38.2. The second-order valence-electron chi connectivity index (χ2n) is 19.9. The molecule has 0 aliphatic rings. The second-order valence-corrected chi connectivity index (χ2v) is 19.9. The van der Waals surface area contributed by atoms with E-state index in [1.807, 2.05) is 0 Å². The summed E-state index contributed by atoms with van der Waals surface area (Å²) in [6.45, 7) is 0. The van der Waals surface area contributed by atoms with Crippen LogP contribution < -0.4 is 0 Å². The van der Waals surface area contributed by atoms with E-state index in [0.29, 0.717) is 0 Å². The second kappa shape index (κ2) is 12.3. The first kappa shape index (κ1) is 36.2. The van der Waals surface area contributed by atoms with Gasteiger partial charge in [0.1, 0.15) is 11.2 Å². The van der Waals surface area contributed by atoms with E-state index in [2.05, 4.69) is 224 Å². The zero-order valence-corrected chi connectivity index (χ0v) is 38.2. The molecule has 19 aromatic rings. The normalized spacial score (nSPS) is 13.0. The fourth-order valence-corrected chi connectivity index (χ4v) is 13.8. The fraction of sp³-hybridized carbons (Fsp3) is 0. The Morgan fingerprint density at radius 1 is 0.236 bits per heavy atom. The molecule has 0 saturated carbocycles. The van der Waals surface area contributed by atoms with Crippen molar-refractivity contribution in [3.63, 3.8) is 0 Å². The van der Waals surface area contributed by atoms with Gasteiger partial charge in [-0.3, -0.25) is 0 Å². The van der Waals surface area contributed by atoms with Crippen LogP contribution in [0.15, 0.2) is 215 Å². The molecule has 0 aliphatic carbocycles. The van der Waals surface area contributed by atoms with E-state index in [1.165, 1.54) is 109 Å². The van der Waals surface area contributed by atoms with Crippen LogP contribution in [0.1, 0.15) is 0 Å². The Morgan fingerprint density at radius 3 is 1.10 bits per heavy atom. The zero-order chi connectivity index (χ0) is 46.2. The van der Waals surface area contributed by atoms with Crippen molar-refractivity contribution in [2.75, 3.05) is 0 Å². The number of benzene rings is 11. The van der Waals surface area contributed by atoms with Crippen molar-refractivity contribution in [3.05, 3.63) is 206 Å². The minimum Gasteiger partial charge on any atom is -0.454 e. The third-order valence-corrected chi connectivity index (χ3v) is 16.6. The van der Waals surface area contributed by atoms with Gasteiger partial charge in [-0.15, -0.1) is 0 Å². The quantitative estimate of drug-likeness (QED) is 0.173. The molecule has 0 unspecified atom stereocenters. The van der Waals surface area contributed by atoms with Crippen molar-refractivity contribution >= 4 is 164 Å². The lowest BCUT2D eigenvalue weighted by Gasteiger charge is -2.10. The first-order chi connectivity index (χ1) is 35.8. The summed E-state index contributed by atoms with van der Waals surface area (Å²) in [5.74, 6) is 0. The molecule has 0 atom stereocenters. The Hall–Kier alpha value is -9.78. The van der Waals surface area contributed by atoms with Crippen LogP contribution in [0.3, 0.4) is 0 Å². The van der Waals surface area contributed by atoms with E-state index in [4.69, 9.17) is 8.83 Å². The third kappa shape index (κ3) is 4.05. The van der Waals surface area contributed by atoms with E-state index in [0.717, 1.165) is 66.3 Å². The molecule has 6 heteroatoms. The molecular weight excluding hydrogens is 881 g/mol. The molecule has 0 bridgehead atoms. The topological polar surface area (TPSA) is 45.0 Å². The number of hydrogen-bond acceptors (Lipinski definition) is 2. The Balaban J connectivity index is 0.927. The summed E-state index contributed by atoms with van der Waals surface area (Å²) in [4.78, 5) is 0. The number of nitrogens with zero attached hydrogens (tertiary/aromatic N) is 4. The highest BCUT2D eigenvalue weighted by Crippen LogP contribution is 2.50. The molecule has 19 rings (SSSR count). The van der Waals surface area contributed by atoms with Crippen molar-refractivity contribution in [1.29, 1.82) is 0 Å². The van der Waals surface area contributed by atoms with E-state index in [-0.39, 0.29) is 0 Å². The monoisotopic (exact) mass is 914 g/mol. The van der Waals surface area contributed by atoms with Crippen molar-refractivity contribution in [3.8, 4) is 11.4 Å². The highest BCUT2D eigenvalue weighted by atomic mass is 16.3. The summed E-state index contributed by atoms with van der Waals surface area (Å²) in [6.07, 6.45) is 0. The highest BCUT2D eigenvalue weighted by Gasteiger charge is 2.28. The Bertz CT molecular complexity index is 5300. The van der Waals surface area contributed by atoms with Crippen molar-refractivity contribution < 1.29 is 8.83 Å². The molecule has 0 spiro atoms. The predicted molar refractivity (Wildman–Crippen MR) is 299 cm³/mol. The van der Waals surface area contributed by atoms with Gasteiger partial charge in [0.25, 0.3) is 0 Å². The van der Waals surface area contributed by atoms with Gasteiger partial charge in [0.15, 0.2) is 11.2 Å². The summed E-state index contributed by atoms with van der Waals surface area (Å²) >= 11 is 0. The summed E-state index contributed by atoms with van der Waals surface area (Å²) in [5.41, 5.74) is 17.7. The van der Waals surface area contributed by atoms with Crippen LogP contribution in [0, 0.1) is 0 Å². The molecule has 0 N–H and O–H groups in total. The van der Waals surface area contributed by atoms with Gasteiger partial charge in [-0.1, -0.05) is 146 Å². The van der Waals surface area contributed by atoms with Gasteiger partial charge in [0.05, 0.1) is 66.5 Å². The average molecular weight is 915 g/mol. The van der Waals surface area contributed by atoms with Crippen LogP contribution in [0.2, 0.25) is 0 Å². The first-order valence-electron chi connectivity index (χ1n) is 24.8. The molecule has 0 fully saturated rings. The summed E-state index contributed by atoms with van der Waals surface area (Å²) < 4.78 is 23.5. The molecule has 0 saturated heterocycles. The van der Waals surface area contributed by atoms with E-state index in [1.54, 1.807) is 0 Å². The molecule has 0 aliphatic heterocycles. The fourth-order valence-electron chi connectivity index (χ4n) is 13.8. The van der Waals surface area contributed by atoms with E-state index in [9.17, 15) is 0 Å². The SMILES string of the molecule is c1ccc2c(c1)oc1c(-n3c4ccccc4c4ccc5c(c6cccc7c8cc9c(cc8n5c76)c5cccc6c7c8c(ccc7n9c56)c5ccccc5n8-c5cccc6c5oc5ccccc56)c43)cccc12. The molecule has 330 valence electrons. The molecule has 0 amide bonds. The molecule has 0 radical (unpaired) electrons. The largest absolute Gasteiger partial charge is 0.454 e. The molecule has 6 nitrogen and oxygen atoms in total. The maximum absolute atomic E-state index is 6.75. The number of aromatic nitrogens is 4. The standard InChI is InChI=1S/C66H34N4O2/c1-5-23-49-35(13-1)41-29-31-51-59(63(41)67(49)53-25-11-19-43-37-15-3-7-27-57(37)71-65(43)53)45-21-9-17-39-47-34-56-48(33-55(47)69(51)61(39)45)40-18-10-22-46-60-52(70(56)62(40)46)32-30-42-36-14-2-6-24-50(36)68(64(42)60)54-26-12-20-44-38-16-4-8-28-58(38)72-66(44)54/h1-34H. The average Bonchev–Trinajstić information content (AvgIpc) is 4.32. The van der Waals surface area contributed by atoms with Crippen LogP contribution in [0.5, 0.6) is 0 Å². The van der Waals surface area contributed by atoms with Gasteiger partial charge in [-0.25, -0.2) is 0 Å². The third-order valence-electron chi connectivity index (χ3n) is 16.6. The number of para-hydroxylation sites is 8. The minimum atomic E-state index is 0.896. The van der Waals surface area contributed by atoms with Crippen molar-refractivity contribution in [1.82, 2.24) is 17.9 Å². The molecule has 72 heavy (non-hydrogen) atoms. The van der Waals surface area contributed by atoms with Crippen LogP contribution in [-0.4, -0.2) is 17.9 Å². The van der Waals surface area contributed by atoms with Crippen molar-refractivity contribution in [2.45, 2.75) is 0 Å². The lowest BCUT2D eigenvalue weighted by atomic mass is 10.0. The number of fused-ring (bicyclic) bond motifs is 26. The summed E-state index contributed by atoms with van der Waals surface area (Å²) in [6, 6.07) is 75.7. The van der Waals surface area contributed by atoms with Gasteiger partial charge < -0.3 is 26.8 Å². The van der Waals surface area contributed by atoms with Crippen LogP contribution >= 0.6 is 0 Å². The Morgan fingerprint density at radius 2 is 0.611 bits per heavy atom. The molecular formula is C66H34N4O2. The molecule has 11 aromatic carbocycles. The van der Waals surface area contributed by atoms with Gasteiger partial charge >= 0.3 is 0 Å². The maximum atomic E-state index is 6.75. The lowest BCUT2D eigenvalue weighted by molar-refractivity contribution is 0.666. The van der Waals surface area contributed by atoms with Crippen LogP contribution in [-0.2, 0) is 0 Å². The van der Waals surface area contributed by atoms with E-state index < -0.39 is 0 Å². The first-order valence-corrected chi connectivity index (χ1v) is 24.8. The van der Waals surface area contributed by atoms with Crippen LogP contribution in [0.25, 0.3) is 175 Å². The molecule has 8 aromatic heterocycles. The van der Waals surface area contributed by atoms with Crippen molar-refractivity contribution in [2.24, 2.45) is 0 Å². The number of hydrogen-bond donors (Lipinski definition) is 0. The Kier molecular flexibility index (Phi) is 6.20. The van der Waals surface area contributed by atoms with E-state index >= 15 is 0 Å². The van der Waals surface area contributed by atoms with Crippen LogP contribution in [0.4, 0.5) is 0 Å². The summed E-state index contributed by atoms with van der Waals surface area (Å²) in [5, 5.41) is 19.4. The number of furan rings is 2. The lowest BCUT2D eigenvalue weighted by Crippen LogP contribution is -1.95. The minimum absolute atomic E-state index is 0.896. The maximum Gasteiger partial charge on any atom is 0.159 e. The van der Waals surface area contributed by atoms with Gasteiger partial charge in [-0.05, 0) is 60.7 Å². The van der Waals surface area contributed by atoms with Gasteiger partial charge in [0.2, 0.25) is 0 Å². The number of rotatable bonds is 2. The highest BCUT2D eigenvalue weighted by molar-refractivity contribution is 6.35. The summed E-state index contributed by atoms with van der Waals surface area (Å²) in [7, 11) is 0. The predicted octanol–water partition coefficient (Wildman–Crippen LogP) is 18.0. The van der Waals surface area contributed by atoms with Gasteiger partial charge in [-0.2, -0.15) is 0 Å². The smallest absolute Gasteiger partial charge is 0.159 e. The Labute approximate surface area is 406 Å². The molecule has 8 heterocycles. The van der Waals surface area contributed by atoms with Gasteiger partial charge in [0, 0.05) is 86.2 Å².